The van der Waals surface area contributed by atoms with Gasteiger partial charge in [0, 0.05) is 18.3 Å². The van der Waals surface area contributed by atoms with Gasteiger partial charge in [-0.3, -0.25) is 9.59 Å². The van der Waals surface area contributed by atoms with Crippen LogP contribution in [0.3, 0.4) is 0 Å². The minimum atomic E-state index is -0.948. The first-order valence-electron chi connectivity index (χ1n) is 8.54. The summed E-state index contributed by atoms with van der Waals surface area (Å²) in [7, 11) is 1.60. The molecule has 0 bridgehead atoms. The average molecular weight is 400 g/mol. The van der Waals surface area contributed by atoms with Gasteiger partial charge in [0.1, 0.15) is 0 Å². The molecule has 2 amide bonds. The summed E-state index contributed by atoms with van der Waals surface area (Å²) in [6.07, 6.45) is 0. The average Bonchev–Trinajstić information content (AvgIpc) is 3.24. The fourth-order valence-corrected chi connectivity index (χ4v) is 3.29. The van der Waals surface area contributed by atoms with E-state index < -0.39 is 17.7 Å². The van der Waals surface area contributed by atoms with Gasteiger partial charge in [0.05, 0.1) is 10.9 Å². The topological polar surface area (TPSA) is 49.4 Å². The van der Waals surface area contributed by atoms with Crippen LogP contribution in [0.25, 0.3) is 0 Å². The van der Waals surface area contributed by atoms with Crippen molar-refractivity contribution in [1.29, 1.82) is 0 Å². The maximum atomic E-state index is 13.5. The van der Waals surface area contributed by atoms with Crippen LogP contribution in [-0.2, 0) is 0 Å². The predicted octanol–water partition coefficient (Wildman–Crippen LogP) is 5.11. The van der Waals surface area contributed by atoms with E-state index in [0.29, 0.717) is 21.7 Å². The van der Waals surface area contributed by atoms with Gasteiger partial charge in [-0.15, -0.1) is 11.3 Å². The summed E-state index contributed by atoms with van der Waals surface area (Å²) in [5, 5.41) is 4.59. The highest BCUT2D eigenvalue weighted by Crippen LogP contribution is 2.23. The van der Waals surface area contributed by atoms with Gasteiger partial charge in [0.25, 0.3) is 11.8 Å². The summed E-state index contributed by atoms with van der Waals surface area (Å²) in [5.41, 5.74) is 1.49. The highest BCUT2D eigenvalue weighted by Gasteiger charge is 2.20. The van der Waals surface area contributed by atoms with E-state index in [1.165, 1.54) is 22.3 Å². The van der Waals surface area contributed by atoms with Gasteiger partial charge in [-0.05, 0) is 60.3 Å². The minimum absolute atomic E-state index is 0.210. The van der Waals surface area contributed by atoms with Crippen molar-refractivity contribution in [2.45, 2.75) is 13.0 Å². The number of nitrogens with one attached hydrogen (secondary N) is 1. The number of hydrogen-bond donors (Lipinski definition) is 1. The molecule has 3 aromatic rings. The van der Waals surface area contributed by atoms with Crippen molar-refractivity contribution in [3.8, 4) is 0 Å². The molecule has 0 aliphatic carbocycles. The van der Waals surface area contributed by atoms with Gasteiger partial charge in [-0.1, -0.05) is 12.1 Å². The Bertz CT molecular complexity index is 988. The van der Waals surface area contributed by atoms with Crippen LogP contribution in [-0.4, -0.2) is 23.8 Å². The first-order chi connectivity index (χ1) is 13.4. The first-order valence-corrected chi connectivity index (χ1v) is 9.42. The summed E-state index contributed by atoms with van der Waals surface area (Å²) < 4.78 is 26.6. The van der Waals surface area contributed by atoms with Crippen LogP contribution in [0.1, 0.15) is 38.6 Å². The quantitative estimate of drug-likeness (QED) is 0.647. The Balaban J connectivity index is 1.69. The Morgan fingerprint density at radius 2 is 1.75 bits per heavy atom. The zero-order valence-electron chi connectivity index (χ0n) is 15.3. The SMILES string of the molecule is CC(c1ccc(F)c(F)c1)N(C)C(=O)c1ccc(NC(=O)c2cccs2)cc1. The monoisotopic (exact) mass is 400 g/mol. The molecule has 1 aromatic heterocycles. The first kappa shape index (κ1) is 19.7. The third kappa shape index (κ3) is 4.26. The number of rotatable bonds is 5. The van der Waals surface area contributed by atoms with E-state index in [1.54, 1.807) is 50.4 Å². The van der Waals surface area contributed by atoms with Gasteiger partial charge < -0.3 is 10.2 Å². The van der Waals surface area contributed by atoms with Crippen molar-refractivity contribution in [3.63, 3.8) is 0 Å². The number of anilines is 1. The number of benzene rings is 2. The number of thiophene rings is 1. The lowest BCUT2D eigenvalue weighted by atomic mass is 10.1. The van der Waals surface area contributed by atoms with Crippen molar-refractivity contribution in [3.05, 3.63) is 87.6 Å². The second-order valence-corrected chi connectivity index (χ2v) is 7.22. The number of carbonyl (C=O) groups is 2. The molecule has 1 atom stereocenters. The number of halogens is 2. The molecule has 3 rings (SSSR count). The van der Waals surface area contributed by atoms with Crippen LogP contribution >= 0.6 is 11.3 Å². The van der Waals surface area contributed by atoms with Crippen LogP contribution in [0.15, 0.2) is 60.0 Å². The van der Waals surface area contributed by atoms with E-state index in [9.17, 15) is 18.4 Å². The standard InChI is InChI=1S/C21H18F2N2O2S/c1-13(15-7-10-17(22)18(23)12-15)25(2)21(27)14-5-8-16(9-6-14)24-20(26)19-4-3-11-28-19/h3-13H,1-2H3,(H,24,26). The second-order valence-electron chi connectivity index (χ2n) is 6.27. The Morgan fingerprint density at radius 1 is 1.04 bits per heavy atom. The molecule has 1 N–H and O–H groups in total. The van der Waals surface area contributed by atoms with Crippen molar-refractivity contribution in [1.82, 2.24) is 4.90 Å². The van der Waals surface area contributed by atoms with E-state index in [-0.39, 0.29) is 11.8 Å². The molecule has 7 heteroatoms. The van der Waals surface area contributed by atoms with E-state index >= 15 is 0 Å². The van der Waals surface area contributed by atoms with Gasteiger partial charge in [0.2, 0.25) is 0 Å². The smallest absolute Gasteiger partial charge is 0.265 e. The van der Waals surface area contributed by atoms with Crippen LogP contribution in [0.4, 0.5) is 14.5 Å². The lowest BCUT2D eigenvalue weighted by Gasteiger charge is -2.25. The van der Waals surface area contributed by atoms with Gasteiger partial charge >= 0.3 is 0 Å². The lowest BCUT2D eigenvalue weighted by molar-refractivity contribution is 0.0742. The van der Waals surface area contributed by atoms with Crippen molar-refractivity contribution in [2.24, 2.45) is 0 Å². The Kier molecular flexibility index (Phi) is 5.84. The fraction of sp³-hybridized carbons (Fsp3) is 0.143. The highest BCUT2D eigenvalue weighted by molar-refractivity contribution is 7.12. The molecule has 1 heterocycles. The number of amides is 2. The third-order valence-corrected chi connectivity index (χ3v) is 5.33. The van der Waals surface area contributed by atoms with Gasteiger partial charge in [-0.25, -0.2) is 8.78 Å². The Morgan fingerprint density at radius 3 is 2.36 bits per heavy atom. The molecule has 1 unspecified atom stereocenters. The van der Waals surface area contributed by atoms with Crippen molar-refractivity contribution >= 4 is 28.8 Å². The molecule has 4 nitrogen and oxygen atoms in total. The van der Waals surface area contributed by atoms with Crippen LogP contribution in [0, 0.1) is 11.6 Å². The molecule has 0 saturated heterocycles. The third-order valence-electron chi connectivity index (χ3n) is 4.46. The molecular weight excluding hydrogens is 382 g/mol. The maximum absolute atomic E-state index is 13.5. The maximum Gasteiger partial charge on any atom is 0.265 e. The highest BCUT2D eigenvalue weighted by atomic mass is 32.1. The molecule has 2 aromatic carbocycles. The Labute approximate surface area is 165 Å². The fourth-order valence-electron chi connectivity index (χ4n) is 2.67. The normalized spacial score (nSPS) is 11.7. The predicted molar refractivity (Wildman–Crippen MR) is 106 cm³/mol. The van der Waals surface area contributed by atoms with E-state index in [2.05, 4.69) is 5.32 Å². The molecule has 0 radical (unpaired) electrons. The number of hydrogen-bond acceptors (Lipinski definition) is 3. The van der Waals surface area contributed by atoms with Crippen molar-refractivity contribution < 1.29 is 18.4 Å². The van der Waals surface area contributed by atoms with E-state index in [1.807, 2.05) is 5.38 Å². The zero-order valence-corrected chi connectivity index (χ0v) is 16.1. The molecule has 144 valence electrons. The number of nitrogens with zero attached hydrogens (tertiary/aromatic N) is 1. The van der Waals surface area contributed by atoms with Crippen molar-refractivity contribution in [2.75, 3.05) is 12.4 Å². The van der Waals surface area contributed by atoms with Crippen LogP contribution < -0.4 is 5.32 Å². The van der Waals surface area contributed by atoms with Gasteiger partial charge in [-0.2, -0.15) is 0 Å². The summed E-state index contributed by atoms with van der Waals surface area (Å²) in [5.74, 6) is -2.35. The summed E-state index contributed by atoms with van der Waals surface area (Å²) in [4.78, 5) is 26.8. The largest absolute Gasteiger partial charge is 0.335 e. The zero-order chi connectivity index (χ0) is 20.3. The molecule has 0 aliphatic heterocycles. The molecular formula is C21H18F2N2O2S. The van der Waals surface area contributed by atoms with Gasteiger partial charge in [0.15, 0.2) is 11.6 Å². The van der Waals surface area contributed by atoms with E-state index in [4.69, 9.17) is 0 Å². The van der Waals surface area contributed by atoms with E-state index in [0.717, 1.165) is 12.1 Å². The summed E-state index contributed by atoms with van der Waals surface area (Å²) in [6.45, 7) is 1.74. The Hall–Kier alpha value is -3.06. The molecule has 28 heavy (non-hydrogen) atoms. The molecule has 0 fully saturated rings. The number of carbonyl (C=O) groups excluding carboxylic acids is 2. The summed E-state index contributed by atoms with van der Waals surface area (Å²) >= 11 is 1.34. The summed E-state index contributed by atoms with van der Waals surface area (Å²) in [6, 6.07) is 13.2. The van der Waals surface area contributed by atoms with Crippen LogP contribution in [0.2, 0.25) is 0 Å². The lowest BCUT2D eigenvalue weighted by Crippen LogP contribution is -2.29. The minimum Gasteiger partial charge on any atom is -0.335 e. The second kappa shape index (κ2) is 8.31. The molecule has 0 spiro atoms. The molecule has 0 saturated carbocycles. The van der Waals surface area contributed by atoms with Crippen LogP contribution in [0.5, 0.6) is 0 Å². The molecule has 0 aliphatic rings.